The highest BCUT2D eigenvalue weighted by Crippen LogP contribution is 2.31. The molecule has 8 nitrogen and oxygen atoms in total. The number of fused-ring (bicyclic) bond motifs is 1. The molecular formula is C23H20ClN5O3S. The number of rotatable bonds is 6. The van der Waals surface area contributed by atoms with Crippen LogP contribution in [-0.2, 0) is 16.9 Å². The van der Waals surface area contributed by atoms with E-state index >= 15 is 0 Å². The Morgan fingerprint density at radius 3 is 2.61 bits per heavy atom. The number of methoxy groups -OCH3 is 1. The Bertz CT molecular complexity index is 1410. The fraction of sp³-hybridized carbons (Fsp3) is 0.174. The maximum Gasteiger partial charge on any atom is 0.337 e. The Hall–Kier alpha value is -3.43. The molecule has 2 aromatic carbocycles. The number of halogens is 1. The largest absolute Gasteiger partial charge is 0.465 e. The molecule has 4 aromatic rings. The Kier molecular flexibility index (Phi) is 6.62. The quantitative estimate of drug-likeness (QED) is 0.238. The summed E-state index contributed by atoms with van der Waals surface area (Å²) in [6.07, 6.45) is 0.666. The average Bonchev–Trinajstić information content (AvgIpc) is 2.82. The molecule has 0 saturated carbocycles. The van der Waals surface area contributed by atoms with Crippen molar-refractivity contribution in [3.05, 3.63) is 74.9 Å². The SMILES string of the molecule is CCc1nc(SCc2nc3cc(C(=O)OC)ccc3c(=O)[nH]2)nc(N)c1-c1ccc(Cl)cc1. The molecule has 0 spiro atoms. The molecule has 2 heterocycles. The minimum Gasteiger partial charge on any atom is -0.465 e. The number of carbonyl (C=O) groups is 1. The summed E-state index contributed by atoms with van der Waals surface area (Å²) in [7, 11) is 1.30. The molecule has 0 fully saturated rings. The van der Waals surface area contributed by atoms with Crippen molar-refractivity contribution in [2.75, 3.05) is 12.8 Å². The smallest absolute Gasteiger partial charge is 0.337 e. The number of anilines is 1. The number of esters is 1. The number of aryl methyl sites for hydroxylation is 1. The lowest BCUT2D eigenvalue weighted by Gasteiger charge is -2.12. The highest BCUT2D eigenvalue weighted by molar-refractivity contribution is 7.98. The number of nitrogens with one attached hydrogen (secondary N) is 1. The number of aromatic amines is 1. The summed E-state index contributed by atoms with van der Waals surface area (Å²) in [5, 5.41) is 1.50. The number of hydrogen-bond acceptors (Lipinski definition) is 8. The summed E-state index contributed by atoms with van der Waals surface area (Å²) >= 11 is 7.30. The predicted octanol–water partition coefficient (Wildman–Crippen LogP) is 4.26. The Labute approximate surface area is 198 Å². The van der Waals surface area contributed by atoms with E-state index in [-0.39, 0.29) is 5.56 Å². The van der Waals surface area contributed by atoms with E-state index in [1.54, 1.807) is 18.2 Å². The Morgan fingerprint density at radius 2 is 1.91 bits per heavy atom. The van der Waals surface area contributed by atoms with Crippen LogP contribution in [-0.4, -0.2) is 33.0 Å². The number of nitrogens with two attached hydrogens (primary N) is 1. The minimum atomic E-state index is -0.494. The number of carbonyl (C=O) groups excluding carboxylic acids is 1. The molecule has 33 heavy (non-hydrogen) atoms. The molecule has 0 unspecified atom stereocenters. The van der Waals surface area contributed by atoms with Gasteiger partial charge in [0.15, 0.2) is 5.16 Å². The summed E-state index contributed by atoms with van der Waals surface area (Å²) in [5.41, 5.74) is 9.21. The molecule has 2 aromatic heterocycles. The molecule has 168 valence electrons. The van der Waals surface area contributed by atoms with Crippen LogP contribution in [0.4, 0.5) is 5.82 Å². The third-order valence-corrected chi connectivity index (χ3v) is 6.08. The van der Waals surface area contributed by atoms with Crippen LogP contribution < -0.4 is 11.3 Å². The van der Waals surface area contributed by atoms with Crippen LogP contribution in [0.1, 0.15) is 28.8 Å². The van der Waals surface area contributed by atoms with Crippen LogP contribution in [0.25, 0.3) is 22.0 Å². The van der Waals surface area contributed by atoms with E-state index < -0.39 is 5.97 Å². The maximum absolute atomic E-state index is 12.5. The number of nitrogens with zero attached hydrogens (tertiary/aromatic N) is 3. The average molecular weight is 482 g/mol. The fourth-order valence-corrected chi connectivity index (χ4v) is 4.25. The van der Waals surface area contributed by atoms with Crippen molar-refractivity contribution >= 4 is 46.1 Å². The molecular weight excluding hydrogens is 462 g/mol. The van der Waals surface area contributed by atoms with Gasteiger partial charge >= 0.3 is 5.97 Å². The lowest BCUT2D eigenvalue weighted by molar-refractivity contribution is 0.0601. The zero-order chi connectivity index (χ0) is 23.5. The summed E-state index contributed by atoms with van der Waals surface area (Å²) < 4.78 is 4.74. The van der Waals surface area contributed by atoms with E-state index in [9.17, 15) is 9.59 Å². The van der Waals surface area contributed by atoms with Gasteiger partial charge in [-0.2, -0.15) is 0 Å². The first-order chi connectivity index (χ1) is 15.9. The molecule has 4 rings (SSSR count). The van der Waals surface area contributed by atoms with Gasteiger partial charge in [-0.05, 0) is 42.3 Å². The van der Waals surface area contributed by atoms with Gasteiger partial charge in [0, 0.05) is 10.6 Å². The lowest BCUT2D eigenvalue weighted by atomic mass is 10.0. The third kappa shape index (κ3) is 4.84. The molecule has 0 radical (unpaired) electrons. The van der Waals surface area contributed by atoms with Gasteiger partial charge in [-0.25, -0.2) is 19.7 Å². The van der Waals surface area contributed by atoms with Crippen LogP contribution in [0.5, 0.6) is 0 Å². The first-order valence-corrected chi connectivity index (χ1v) is 11.4. The second kappa shape index (κ2) is 9.60. The minimum absolute atomic E-state index is 0.292. The molecule has 0 amide bonds. The lowest BCUT2D eigenvalue weighted by Crippen LogP contribution is -2.12. The number of ether oxygens (including phenoxy) is 1. The number of hydrogen-bond donors (Lipinski definition) is 2. The summed E-state index contributed by atoms with van der Waals surface area (Å²) in [6, 6.07) is 12.0. The van der Waals surface area contributed by atoms with Crippen molar-refractivity contribution in [3.63, 3.8) is 0 Å². The van der Waals surface area contributed by atoms with Gasteiger partial charge in [-0.1, -0.05) is 42.4 Å². The monoisotopic (exact) mass is 481 g/mol. The first-order valence-electron chi connectivity index (χ1n) is 10.1. The van der Waals surface area contributed by atoms with E-state index in [4.69, 9.17) is 22.1 Å². The van der Waals surface area contributed by atoms with E-state index in [1.807, 2.05) is 19.1 Å². The maximum atomic E-state index is 12.5. The van der Waals surface area contributed by atoms with Crippen molar-refractivity contribution in [2.24, 2.45) is 0 Å². The van der Waals surface area contributed by atoms with Gasteiger partial charge in [0.05, 0.1) is 35.0 Å². The standard InChI is InChI=1S/C23H20ClN5O3S/c1-3-16-19(12-4-7-14(24)8-5-12)20(25)29-23(27-16)33-11-18-26-17-10-13(22(31)32-2)6-9-15(17)21(30)28-18/h4-10H,3,11H2,1-2H3,(H2,25,27,29)(H,26,28,30). The van der Waals surface area contributed by atoms with Gasteiger partial charge in [0.1, 0.15) is 11.6 Å². The van der Waals surface area contributed by atoms with Crippen molar-refractivity contribution < 1.29 is 9.53 Å². The zero-order valence-electron chi connectivity index (χ0n) is 17.9. The van der Waals surface area contributed by atoms with E-state index in [1.165, 1.54) is 31.0 Å². The number of aromatic nitrogens is 4. The van der Waals surface area contributed by atoms with Gasteiger partial charge in [0.2, 0.25) is 0 Å². The van der Waals surface area contributed by atoms with Crippen LogP contribution in [0.15, 0.2) is 52.4 Å². The zero-order valence-corrected chi connectivity index (χ0v) is 19.5. The van der Waals surface area contributed by atoms with E-state index in [2.05, 4.69) is 19.9 Å². The van der Waals surface area contributed by atoms with Gasteiger partial charge in [0.25, 0.3) is 5.56 Å². The number of H-pyrrole nitrogens is 1. The second-order valence-electron chi connectivity index (χ2n) is 7.10. The first kappa shape index (κ1) is 22.8. The molecule has 0 aliphatic carbocycles. The molecule has 0 aliphatic heterocycles. The predicted molar refractivity (Wildman–Crippen MR) is 130 cm³/mol. The Balaban J connectivity index is 1.62. The van der Waals surface area contributed by atoms with Crippen molar-refractivity contribution in [1.29, 1.82) is 0 Å². The van der Waals surface area contributed by atoms with Crippen LogP contribution >= 0.6 is 23.4 Å². The molecule has 0 saturated heterocycles. The number of nitrogen functional groups attached to an aromatic ring is 1. The third-order valence-electron chi connectivity index (χ3n) is 4.97. The van der Waals surface area contributed by atoms with Crippen molar-refractivity contribution in [3.8, 4) is 11.1 Å². The van der Waals surface area contributed by atoms with Gasteiger partial charge in [-0.15, -0.1) is 0 Å². The van der Waals surface area contributed by atoms with Gasteiger partial charge < -0.3 is 15.5 Å². The highest BCUT2D eigenvalue weighted by Gasteiger charge is 2.15. The topological polar surface area (TPSA) is 124 Å². The van der Waals surface area contributed by atoms with Crippen LogP contribution in [0.3, 0.4) is 0 Å². The van der Waals surface area contributed by atoms with Crippen molar-refractivity contribution in [2.45, 2.75) is 24.3 Å². The second-order valence-corrected chi connectivity index (χ2v) is 8.48. The van der Waals surface area contributed by atoms with Crippen LogP contribution in [0.2, 0.25) is 5.02 Å². The van der Waals surface area contributed by atoms with Crippen LogP contribution in [0, 0.1) is 0 Å². The molecule has 0 bridgehead atoms. The molecule has 0 aliphatic rings. The normalized spacial score (nSPS) is 11.0. The highest BCUT2D eigenvalue weighted by atomic mass is 35.5. The Morgan fingerprint density at radius 1 is 1.15 bits per heavy atom. The fourth-order valence-electron chi connectivity index (χ4n) is 3.39. The van der Waals surface area contributed by atoms with E-state index in [0.29, 0.717) is 50.5 Å². The molecule has 0 atom stereocenters. The summed E-state index contributed by atoms with van der Waals surface area (Å²) in [4.78, 5) is 40.6. The van der Waals surface area contributed by atoms with Crippen molar-refractivity contribution in [1.82, 2.24) is 19.9 Å². The summed E-state index contributed by atoms with van der Waals surface area (Å²) in [5.74, 6) is 0.624. The summed E-state index contributed by atoms with van der Waals surface area (Å²) in [6.45, 7) is 2.00. The number of benzene rings is 2. The van der Waals surface area contributed by atoms with E-state index in [0.717, 1.165) is 16.8 Å². The van der Waals surface area contributed by atoms with Gasteiger partial charge in [-0.3, -0.25) is 4.79 Å². The number of thioether (sulfide) groups is 1. The molecule has 10 heteroatoms. The molecule has 3 N–H and O–H groups in total.